The van der Waals surface area contributed by atoms with Crippen molar-refractivity contribution in [3.8, 4) is 0 Å². The maximum absolute atomic E-state index is 12.9. The molecule has 2 fully saturated rings. The summed E-state index contributed by atoms with van der Waals surface area (Å²) >= 11 is 0. The molecule has 0 unspecified atom stereocenters. The number of aromatic nitrogens is 2. The second-order valence-electron chi connectivity index (χ2n) is 6.37. The van der Waals surface area contributed by atoms with Gasteiger partial charge in [0.25, 0.3) is 0 Å². The molecule has 0 N–H and O–H groups in total. The summed E-state index contributed by atoms with van der Waals surface area (Å²) in [7, 11) is -1.29. The summed E-state index contributed by atoms with van der Waals surface area (Å²) < 4.78 is 35.0. The summed E-state index contributed by atoms with van der Waals surface area (Å²) in [5.41, 5.74) is 0.924. The first-order valence-electron chi connectivity index (χ1n) is 8.09. The van der Waals surface area contributed by atoms with Crippen molar-refractivity contribution in [1.29, 1.82) is 0 Å². The van der Waals surface area contributed by atoms with Gasteiger partial charge in [0.1, 0.15) is 11.9 Å². The Morgan fingerprint density at radius 1 is 1.27 bits per heavy atom. The number of rotatable bonds is 3. The number of hydrogen-bond acceptors (Lipinski definition) is 4. The molecule has 7 heteroatoms. The van der Waals surface area contributed by atoms with Crippen LogP contribution in [0, 0.1) is 6.92 Å². The van der Waals surface area contributed by atoms with E-state index in [0.717, 1.165) is 43.6 Å². The van der Waals surface area contributed by atoms with E-state index in [2.05, 4.69) is 4.98 Å². The highest BCUT2D eigenvalue weighted by Gasteiger charge is 2.37. The molecule has 1 aliphatic heterocycles. The van der Waals surface area contributed by atoms with Gasteiger partial charge in [0.2, 0.25) is 10.0 Å². The predicted octanol–water partition coefficient (Wildman–Crippen LogP) is 1.76. The first kappa shape index (κ1) is 16.0. The van der Waals surface area contributed by atoms with E-state index in [0.29, 0.717) is 19.7 Å². The van der Waals surface area contributed by atoms with E-state index in [1.165, 1.54) is 0 Å². The standard InChI is InChI=1S/C15H25N3O3S/c1-12-10-17(2)15(16-12)14-11-18(8-9-21-14)22(19,20)13-6-4-3-5-7-13/h10,13-14H,3-9,11H2,1-2H3/t14-/m0/s1. The number of aryl methyl sites for hydroxylation is 2. The lowest BCUT2D eigenvalue weighted by Crippen LogP contribution is -2.47. The Balaban J connectivity index is 1.76. The van der Waals surface area contributed by atoms with Crippen LogP contribution in [0.25, 0.3) is 0 Å². The minimum absolute atomic E-state index is 0.205. The molecule has 3 rings (SSSR count). The van der Waals surface area contributed by atoms with Gasteiger partial charge in [-0.05, 0) is 19.8 Å². The Labute approximate surface area is 132 Å². The van der Waals surface area contributed by atoms with Gasteiger partial charge in [0, 0.05) is 26.3 Å². The second-order valence-corrected chi connectivity index (χ2v) is 8.59. The molecule has 0 radical (unpaired) electrons. The zero-order valence-corrected chi connectivity index (χ0v) is 14.2. The van der Waals surface area contributed by atoms with E-state index >= 15 is 0 Å². The number of morpholine rings is 1. The highest BCUT2D eigenvalue weighted by Crippen LogP contribution is 2.29. The number of sulfonamides is 1. The number of hydrogen-bond donors (Lipinski definition) is 0. The van der Waals surface area contributed by atoms with Gasteiger partial charge in [-0.2, -0.15) is 4.31 Å². The van der Waals surface area contributed by atoms with Crippen molar-refractivity contribution in [1.82, 2.24) is 13.9 Å². The van der Waals surface area contributed by atoms with E-state index < -0.39 is 10.0 Å². The van der Waals surface area contributed by atoms with E-state index in [1.807, 2.05) is 24.7 Å². The molecule has 1 aromatic rings. The van der Waals surface area contributed by atoms with Gasteiger partial charge >= 0.3 is 0 Å². The molecule has 1 saturated carbocycles. The molecular formula is C15H25N3O3S. The van der Waals surface area contributed by atoms with Crippen LogP contribution in [0.1, 0.15) is 49.7 Å². The van der Waals surface area contributed by atoms with Crippen molar-refractivity contribution in [2.24, 2.45) is 7.05 Å². The van der Waals surface area contributed by atoms with E-state index in [4.69, 9.17) is 4.74 Å². The summed E-state index contributed by atoms with van der Waals surface area (Å²) in [6.45, 7) is 3.20. The van der Waals surface area contributed by atoms with Crippen molar-refractivity contribution >= 4 is 10.0 Å². The van der Waals surface area contributed by atoms with Crippen LogP contribution in [-0.4, -0.2) is 47.2 Å². The summed E-state index contributed by atoms with van der Waals surface area (Å²) in [6, 6.07) is 0. The van der Waals surface area contributed by atoms with Crippen LogP contribution < -0.4 is 0 Å². The minimum atomic E-state index is -3.22. The van der Waals surface area contributed by atoms with Crippen molar-refractivity contribution in [3.63, 3.8) is 0 Å². The first-order valence-corrected chi connectivity index (χ1v) is 9.59. The summed E-state index contributed by atoms with van der Waals surface area (Å²) in [5, 5.41) is -0.205. The Hall–Kier alpha value is -0.920. The molecule has 0 spiro atoms. The summed E-state index contributed by atoms with van der Waals surface area (Å²) in [4.78, 5) is 4.48. The van der Waals surface area contributed by atoms with Gasteiger partial charge < -0.3 is 9.30 Å². The lowest BCUT2D eigenvalue weighted by Gasteiger charge is -2.35. The first-order chi connectivity index (χ1) is 10.5. The van der Waals surface area contributed by atoms with E-state index in [1.54, 1.807) is 4.31 Å². The molecule has 124 valence electrons. The van der Waals surface area contributed by atoms with Crippen LogP contribution in [-0.2, 0) is 21.8 Å². The smallest absolute Gasteiger partial charge is 0.217 e. The fourth-order valence-corrected chi connectivity index (χ4v) is 5.54. The molecule has 0 bridgehead atoms. The second kappa shape index (κ2) is 6.29. The Bertz CT molecular complexity index is 620. The Morgan fingerprint density at radius 2 is 2.00 bits per heavy atom. The normalized spacial score (nSPS) is 25.5. The quantitative estimate of drug-likeness (QED) is 0.848. The molecule has 22 heavy (non-hydrogen) atoms. The maximum Gasteiger partial charge on any atom is 0.217 e. The molecule has 6 nitrogen and oxygen atoms in total. The molecule has 1 atom stereocenters. The minimum Gasteiger partial charge on any atom is -0.368 e. The Kier molecular flexibility index (Phi) is 4.56. The lowest BCUT2D eigenvalue weighted by molar-refractivity contribution is -0.00931. The van der Waals surface area contributed by atoms with E-state index in [-0.39, 0.29) is 11.4 Å². The van der Waals surface area contributed by atoms with Crippen molar-refractivity contribution < 1.29 is 13.2 Å². The van der Waals surface area contributed by atoms with Gasteiger partial charge in [0.15, 0.2) is 0 Å². The van der Waals surface area contributed by atoms with Crippen molar-refractivity contribution in [2.45, 2.75) is 50.4 Å². The largest absolute Gasteiger partial charge is 0.368 e. The van der Waals surface area contributed by atoms with Gasteiger partial charge in [-0.15, -0.1) is 0 Å². The molecule has 1 aromatic heterocycles. The van der Waals surface area contributed by atoms with Crippen LogP contribution in [0.15, 0.2) is 6.20 Å². The number of nitrogens with zero attached hydrogens (tertiary/aromatic N) is 3. The maximum atomic E-state index is 12.9. The fourth-order valence-electron chi connectivity index (χ4n) is 3.52. The predicted molar refractivity (Wildman–Crippen MR) is 84.0 cm³/mol. The van der Waals surface area contributed by atoms with Crippen LogP contribution in [0.3, 0.4) is 0 Å². The van der Waals surface area contributed by atoms with Gasteiger partial charge in [-0.3, -0.25) is 0 Å². The monoisotopic (exact) mass is 327 g/mol. The topological polar surface area (TPSA) is 64.4 Å². The van der Waals surface area contributed by atoms with Crippen LogP contribution in [0.4, 0.5) is 0 Å². The molecular weight excluding hydrogens is 302 g/mol. The fraction of sp³-hybridized carbons (Fsp3) is 0.800. The van der Waals surface area contributed by atoms with Crippen molar-refractivity contribution in [3.05, 3.63) is 17.7 Å². The van der Waals surface area contributed by atoms with Crippen molar-refractivity contribution in [2.75, 3.05) is 19.7 Å². The third-order valence-electron chi connectivity index (χ3n) is 4.68. The third kappa shape index (κ3) is 3.07. The molecule has 2 heterocycles. The van der Waals surface area contributed by atoms with Crippen LogP contribution in [0.2, 0.25) is 0 Å². The van der Waals surface area contributed by atoms with Crippen LogP contribution in [0.5, 0.6) is 0 Å². The average molecular weight is 327 g/mol. The number of imidazole rings is 1. The molecule has 0 aromatic carbocycles. The zero-order valence-electron chi connectivity index (χ0n) is 13.4. The molecule has 2 aliphatic rings. The Morgan fingerprint density at radius 3 is 2.64 bits per heavy atom. The zero-order chi connectivity index (χ0) is 15.7. The van der Waals surface area contributed by atoms with E-state index in [9.17, 15) is 8.42 Å². The molecule has 1 saturated heterocycles. The summed E-state index contributed by atoms with van der Waals surface area (Å²) in [5.74, 6) is 0.807. The molecule has 0 amide bonds. The highest BCUT2D eigenvalue weighted by atomic mass is 32.2. The summed E-state index contributed by atoms with van der Waals surface area (Å²) in [6.07, 6.45) is 6.47. The highest BCUT2D eigenvalue weighted by molar-refractivity contribution is 7.89. The van der Waals surface area contributed by atoms with Crippen LogP contribution >= 0.6 is 0 Å². The van der Waals surface area contributed by atoms with Gasteiger partial charge in [0.05, 0.1) is 17.6 Å². The lowest BCUT2D eigenvalue weighted by atomic mass is 10.0. The molecule has 1 aliphatic carbocycles. The average Bonchev–Trinajstić information content (AvgIpc) is 2.87. The SMILES string of the molecule is Cc1cn(C)c([C@@H]2CN(S(=O)(=O)C3CCCCC3)CCO2)n1. The third-order valence-corrected chi connectivity index (χ3v) is 7.05. The van der Waals surface area contributed by atoms with Gasteiger partial charge in [-0.1, -0.05) is 19.3 Å². The van der Waals surface area contributed by atoms with Gasteiger partial charge in [-0.25, -0.2) is 13.4 Å². The number of ether oxygens (including phenoxy) is 1.